The SMILES string of the molecule is Cc1ccc(OCC(=O)Nc2sc3c(c2S(=O)(=O)c2ccc(C)cc2)CCCC3)cc1. The summed E-state index contributed by atoms with van der Waals surface area (Å²) in [6.45, 7) is 3.71. The van der Waals surface area contributed by atoms with Crippen LogP contribution < -0.4 is 10.1 Å². The topological polar surface area (TPSA) is 72.5 Å². The second-order valence-corrected chi connectivity index (χ2v) is 10.8. The zero-order chi connectivity index (χ0) is 22.0. The van der Waals surface area contributed by atoms with Gasteiger partial charge in [-0.15, -0.1) is 11.3 Å². The number of rotatable bonds is 6. The van der Waals surface area contributed by atoms with Crippen molar-refractivity contribution in [3.63, 3.8) is 0 Å². The van der Waals surface area contributed by atoms with Crippen LogP contribution in [0.15, 0.2) is 58.3 Å². The molecular formula is C24H25NO4S2. The molecule has 1 aliphatic carbocycles. The molecule has 162 valence electrons. The first-order chi connectivity index (χ1) is 14.8. The molecule has 3 aromatic rings. The molecular weight excluding hydrogens is 430 g/mol. The van der Waals surface area contributed by atoms with Gasteiger partial charge in [0.25, 0.3) is 5.91 Å². The highest BCUT2D eigenvalue weighted by atomic mass is 32.2. The predicted molar refractivity (Wildman–Crippen MR) is 123 cm³/mol. The molecule has 4 rings (SSSR count). The van der Waals surface area contributed by atoms with Crippen molar-refractivity contribution in [2.45, 2.75) is 49.3 Å². The van der Waals surface area contributed by atoms with E-state index in [1.807, 2.05) is 26.0 Å². The summed E-state index contributed by atoms with van der Waals surface area (Å²) >= 11 is 1.37. The van der Waals surface area contributed by atoms with Gasteiger partial charge in [0.1, 0.15) is 15.6 Å². The number of hydrogen-bond acceptors (Lipinski definition) is 5. The Morgan fingerprint density at radius 1 is 0.968 bits per heavy atom. The van der Waals surface area contributed by atoms with Crippen LogP contribution in [-0.4, -0.2) is 20.9 Å². The molecule has 1 heterocycles. The van der Waals surface area contributed by atoms with E-state index in [1.165, 1.54) is 11.3 Å². The summed E-state index contributed by atoms with van der Waals surface area (Å²) < 4.78 is 32.6. The van der Waals surface area contributed by atoms with Crippen LogP contribution in [0.25, 0.3) is 0 Å². The predicted octanol–water partition coefficient (Wildman–Crippen LogP) is 5.09. The van der Waals surface area contributed by atoms with E-state index >= 15 is 0 Å². The van der Waals surface area contributed by atoms with Crippen LogP contribution >= 0.6 is 11.3 Å². The minimum atomic E-state index is -3.75. The number of benzene rings is 2. The van der Waals surface area contributed by atoms with Crippen LogP contribution in [0.3, 0.4) is 0 Å². The molecule has 1 amide bonds. The van der Waals surface area contributed by atoms with Crippen molar-refractivity contribution in [1.29, 1.82) is 0 Å². The van der Waals surface area contributed by atoms with E-state index in [1.54, 1.807) is 36.4 Å². The maximum Gasteiger partial charge on any atom is 0.262 e. The minimum absolute atomic E-state index is 0.185. The van der Waals surface area contributed by atoms with Gasteiger partial charge in [-0.25, -0.2) is 8.42 Å². The second kappa shape index (κ2) is 8.85. The van der Waals surface area contributed by atoms with Crippen LogP contribution in [0, 0.1) is 13.8 Å². The summed E-state index contributed by atoms with van der Waals surface area (Å²) in [6.07, 6.45) is 3.53. The van der Waals surface area contributed by atoms with Gasteiger partial charge in [0.15, 0.2) is 6.61 Å². The molecule has 0 bridgehead atoms. The van der Waals surface area contributed by atoms with E-state index < -0.39 is 9.84 Å². The highest BCUT2D eigenvalue weighted by molar-refractivity contribution is 7.92. The van der Waals surface area contributed by atoms with Crippen LogP contribution in [0.2, 0.25) is 0 Å². The molecule has 1 N–H and O–H groups in total. The van der Waals surface area contributed by atoms with Crippen LogP contribution in [0.1, 0.15) is 34.4 Å². The lowest BCUT2D eigenvalue weighted by Crippen LogP contribution is -2.21. The molecule has 0 atom stereocenters. The number of carbonyl (C=O) groups excluding carboxylic acids is 1. The largest absolute Gasteiger partial charge is 0.484 e. The van der Waals surface area contributed by atoms with Gasteiger partial charge >= 0.3 is 0 Å². The molecule has 7 heteroatoms. The van der Waals surface area contributed by atoms with Gasteiger partial charge < -0.3 is 10.1 Å². The van der Waals surface area contributed by atoms with E-state index in [-0.39, 0.29) is 22.3 Å². The molecule has 0 fully saturated rings. The van der Waals surface area contributed by atoms with Crippen molar-refractivity contribution in [1.82, 2.24) is 0 Å². The fourth-order valence-electron chi connectivity index (χ4n) is 3.68. The number of aryl methyl sites for hydroxylation is 3. The second-order valence-electron chi connectivity index (χ2n) is 7.84. The van der Waals surface area contributed by atoms with E-state index in [2.05, 4.69) is 5.32 Å². The highest BCUT2D eigenvalue weighted by Crippen LogP contribution is 2.43. The number of amides is 1. The number of fused-ring (bicyclic) bond motifs is 1. The van der Waals surface area contributed by atoms with Crippen molar-refractivity contribution < 1.29 is 17.9 Å². The summed E-state index contributed by atoms with van der Waals surface area (Å²) in [6, 6.07) is 14.3. The van der Waals surface area contributed by atoms with Crippen LogP contribution in [0.4, 0.5) is 5.00 Å². The maximum absolute atomic E-state index is 13.5. The summed E-state index contributed by atoms with van der Waals surface area (Å²) in [5, 5.41) is 3.21. The zero-order valence-electron chi connectivity index (χ0n) is 17.6. The normalized spacial score (nSPS) is 13.5. The third-order valence-electron chi connectivity index (χ3n) is 5.37. The summed E-state index contributed by atoms with van der Waals surface area (Å²) in [5.41, 5.74) is 2.95. The number of sulfone groups is 1. The first kappa shape index (κ1) is 21.6. The van der Waals surface area contributed by atoms with Gasteiger partial charge in [-0.1, -0.05) is 35.4 Å². The molecule has 0 saturated heterocycles. The Hall–Kier alpha value is -2.64. The Morgan fingerprint density at radius 2 is 1.58 bits per heavy atom. The minimum Gasteiger partial charge on any atom is -0.484 e. The maximum atomic E-state index is 13.5. The quantitative estimate of drug-likeness (QED) is 0.562. The molecule has 31 heavy (non-hydrogen) atoms. The molecule has 0 radical (unpaired) electrons. The first-order valence-electron chi connectivity index (χ1n) is 10.3. The number of anilines is 1. The third kappa shape index (κ3) is 4.67. The van der Waals surface area contributed by atoms with Gasteiger partial charge in [-0.3, -0.25) is 4.79 Å². The average Bonchev–Trinajstić information content (AvgIpc) is 3.12. The van der Waals surface area contributed by atoms with Gasteiger partial charge in [-0.2, -0.15) is 0 Å². The van der Waals surface area contributed by atoms with Gasteiger partial charge in [0.2, 0.25) is 9.84 Å². The van der Waals surface area contributed by atoms with Gasteiger partial charge in [0.05, 0.1) is 4.90 Å². The number of ether oxygens (including phenoxy) is 1. The Kier molecular flexibility index (Phi) is 6.16. The van der Waals surface area contributed by atoms with Crippen molar-refractivity contribution in [3.8, 4) is 5.75 Å². The summed E-state index contributed by atoms with van der Waals surface area (Å²) in [5.74, 6) is 0.221. The molecule has 0 aliphatic heterocycles. The average molecular weight is 456 g/mol. The fraction of sp³-hybridized carbons (Fsp3) is 0.292. The van der Waals surface area contributed by atoms with Crippen molar-refractivity contribution in [2.24, 2.45) is 0 Å². The summed E-state index contributed by atoms with van der Waals surface area (Å²) in [4.78, 5) is 14.1. The molecule has 0 spiro atoms. The number of thiophene rings is 1. The van der Waals surface area contributed by atoms with Gasteiger partial charge in [-0.05, 0) is 69.4 Å². The molecule has 1 aliphatic rings. The van der Waals surface area contributed by atoms with E-state index in [9.17, 15) is 13.2 Å². The molecule has 0 saturated carbocycles. The van der Waals surface area contributed by atoms with Crippen LogP contribution in [-0.2, 0) is 27.5 Å². The van der Waals surface area contributed by atoms with E-state index in [0.29, 0.717) is 17.2 Å². The van der Waals surface area contributed by atoms with Crippen LogP contribution in [0.5, 0.6) is 5.75 Å². The number of hydrogen-bond donors (Lipinski definition) is 1. The van der Waals surface area contributed by atoms with Gasteiger partial charge in [0, 0.05) is 4.88 Å². The third-order valence-corrected chi connectivity index (χ3v) is 8.58. The first-order valence-corrected chi connectivity index (χ1v) is 12.6. The molecule has 5 nitrogen and oxygen atoms in total. The lowest BCUT2D eigenvalue weighted by molar-refractivity contribution is -0.118. The standard InChI is InChI=1S/C24H25NO4S2/c1-16-7-11-18(12-8-16)29-15-22(26)25-24-23(20-5-3-4-6-21(20)30-24)31(27,28)19-13-9-17(2)10-14-19/h7-14H,3-6,15H2,1-2H3,(H,25,26). The number of carbonyl (C=O) groups is 1. The van der Waals surface area contributed by atoms with E-state index in [4.69, 9.17) is 4.74 Å². The fourth-order valence-corrected chi connectivity index (χ4v) is 6.98. The monoisotopic (exact) mass is 455 g/mol. The molecule has 0 unspecified atom stereocenters. The van der Waals surface area contributed by atoms with Crippen molar-refractivity contribution >= 4 is 32.1 Å². The Balaban J connectivity index is 1.61. The molecule has 1 aromatic heterocycles. The smallest absolute Gasteiger partial charge is 0.262 e. The van der Waals surface area contributed by atoms with Crippen molar-refractivity contribution in [2.75, 3.05) is 11.9 Å². The Morgan fingerprint density at radius 3 is 2.26 bits per heavy atom. The highest BCUT2D eigenvalue weighted by Gasteiger charge is 2.31. The van der Waals surface area contributed by atoms with E-state index in [0.717, 1.165) is 40.8 Å². The lowest BCUT2D eigenvalue weighted by Gasteiger charge is -2.14. The Labute approximate surface area is 187 Å². The summed E-state index contributed by atoms with van der Waals surface area (Å²) in [7, 11) is -3.75. The van der Waals surface area contributed by atoms with Crippen molar-refractivity contribution in [3.05, 3.63) is 70.1 Å². The Bertz CT molecular complexity index is 1190. The lowest BCUT2D eigenvalue weighted by atomic mass is 9.99. The molecule has 2 aromatic carbocycles. The zero-order valence-corrected chi connectivity index (χ0v) is 19.2. The number of nitrogens with one attached hydrogen (secondary N) is 1.